The summed E-state index contributed by atoms with van der Waals surface area (Å²) in [5, 5.41) is 3.92. The van der Waals surface area contributed by atoms with Crippen LogP contribution in [-0.2, 0) is 11.8 Å². The molecule has 0 radical (unpaired) electrons. The Labute approximate surface area is 341 Å². The minimum Gasteiger partial charge on any atom is -0.310 e. The van der Waals surface area contributed by atoms with Crippen molar-refractivity contribution in [2.75, 3.05) is 0 Å². The summed E-state index contributed by atoms with van der Waals surface area (Å²) in [5.74, 6) is 0.260. The molecule has 10 aromatic rings. The second kappa shape index (κ2) is 12.1. The normalized spacial score (nSPS) is 15.7. The van der Waals surface area contributed by atoms with E-state index in [1.54, 1.807) is 0 Å². The van der Waals surface area contributed by atoms with Crippen LogP contribution in [0.3, 0.4) is 0 Å². The van der Waals surface area contributed by atoms with Gasteiger partial charge in [-0.3, -0.25) is 0 Å². The van der Waals surface area contributed by atoms with E-state index in [0.29, 0.717) is 0 Å². The molecule has 3 aliphatic rings. The average Bonchev–Trinajstić information content (AvgIpc) is 3.90. The van der Waals surface area contributed by atoms with Gasteiger partial charge in [-0.1, -0.05) is 145 Å². The van der Waals surface area contributed by atoms with Gasteiger partial charge >= 0.3 is 0 Å². The van der Waals surface area contributed by atoms with Crippen LogP contribution in [-0.4, -0.2) is 9.13 Å². The standard InChI is InChI=1S/C55H36N2S/c1-2-14-37(15-3-1)57-51-31-28-36(35-26-29-38(30-27-35)56-49-22-10-5-17-40(49)41-18-6-11-23-50(41)56)32-43(51)44-33-42-39-16-4-7-19-45(39)55(48(42)34-52(44)57)46-20-8-12-24-53(46)58-54-25-13-9-21-47(54)55/h1-31,33-34,36H,32H2. The highest BCUT2D eigenvalue weighted by Gasteiger charge is 2.50. The van der Waals surface area contributed by atoms with E-state index in [1.165, 1.54) is 104 Å². The van der Waals surface area contributed by atoms with Gasteiger partial charge in [0.25, 0.3) is 0 Å². The van der Waals surface area contributed by atoms with Gasteiger partial charge in [0.1, 0.15) is 0 Å². The van der Waals surface area contributed by atoms with Crippen LogP contribution in [0, 0.1) is 0 Å². The molecule has 0 amide bonds. The predicted octanol–water partition coefficient (Wildman–Crippen LogP) is 13.9. The van der Waals surface area contributed by atoms with Crippen LogP contribution < -0.4 is 0 Å². The molecule has 1 aliphatic heterocycles. The molecule has 1 spiro atoms. The Balaban J connectivity index is 0.998. The Hall–Kier alpha value is -6.81. The molecular weight excluding hydrogens is 721 g/mol. The second-order valence-corrected chi connectivity index (χ2v) is 17.1. The van der Waals surface area contributed by atoms with Crippen molar-refractivity contribution in [3.05, 3.63) is 233 Å². The highest BCUT2D eigenvalue weighted by atomic mass is 32.2. The summed E-state index contributed by atoms with van der Waals surface area (Å²) >= 11 is 1.90. The zero-order valence-corrected chi connectivity index (χ0v) is 32.5. The maximum absolute atomic E-state index is 2.56. The summed E-state index contributed by atoms with van der Waals surface area (Å²) in [5.41, 5.74) is 17.9. The number of benzene rings is 8. The molecule has 3 heteroatoms. The highest BCUT2D eigenvalue weighted by molar-refractivity contribution is 7.99. The lowest BCUT2D eigenvalue weighted by Gasteiger charge is -2.39. The van der Waals surface area contributed by atoms with Gasteiger partial charge < -0.3 is 9.13 Å². The molecule has 58 heavy (non-hydrogen) atoms. The molecule has 13 rings (SSSR count). The lowest BCUT2D eigenvalue weighted by molar-refractivity contribution is 0.723. The minimum absolute atomic E-state index is 0.260. The number of hydrogen-bond donors (Lipinski definition) is 0. The van der Waals surface area contributed by atoms with E-state index in [4.69, 9.17) is 0 Å². The van der Waals surface area contributed by atoms with Crippen molar-refractivity contribution in [3.8, 4) is 22.5 Å². The number of allylic oxidation sites excluding steroid dienone is 1. The number of rotatable bonds is 3. The molecule has 2 aromatic heterocycles. The molecule has 272 valence electrons. The van der Waals surface area contributed by atoms with Crippen LogP contribution in [0.15, 0.2) is 204 Å². The van der Waals surface area contributed by atoms with Gasteiger partial charge in [0.2, 0.25) is 0 Å². The van der Waals surface area contributed by atoms with E-state index in [2.05, 4.69) is 209 Å². The Morgan fingerprint density at radius 1 is 0.448 bits per heavy atom. The lowest BCUT2D eigenvalue weighted by Crippen LogP contribution is -2.31. The molecule has 2 aliphatic carbocycles. The van der Waals surface area contributed by atoms with Crippen molar-refractivity contribution >= 4 is 50.5 Å². The molecule has 0 bridgehead atoms. The van der Waals surface area contributed by atoms with Crippen molar-refractivity contribution in [1.29, 1.82) is 0 Å². The fourth-order valence-corrected chi connectivity index (χ4v) is 11.9. The summed E-state index contributed by atoms with van der Waals surface area (Å²) in [4.78, 5) is 2.66. The zero-order chi connectivity index (χ0) is 38.0. The smallest absolute Gasteiger partial charge is 0.0736 e. The lowest BCUT2D eigenvalue weighted by atomic mass is 9.67. The van der Waals surface area contributed by atoms with Crippen molar-refractivity contribution in [2.45, 2.75) is 27.5 Å². The van der Waals surface area contributed by atoms with Gasteiger partial charge in [0.15, 0.2) is 0 Å². The van der Waals surface area contributed by atoms with Crippen molar-refractivity contribution in [3.63, 3.8) is 0 Å². The van der Waals surface area contributed by atoms with E-state index >= 15 is 0 Å². The largest absolute Gasteiger partial charge is 0.310 e. The summed E-state index contributed by atoms with van der Waals surface area (Å²) in [6.07, 6.45) is 5.77. The van der Waals surface area contributed by atoms with E-state index < -0.39 is 5.41 Å². The molecule has 0 N–H and O–H groups in total. The Bertz CT molecular complexity index is 3250. The number of para-hydroxylation sites is 3. The summed E-state index contributed by atoms with van der Waals surface area (Å²) in [7, 11) is 0. The minimum atomic E-state index is -0.415. The Morgan fingerprint density at radius 2 is 1.03 bits per heavy atom. The molecular formula is C55H36N2S. The van der Waals surface area contributed by atoms with Gasteiger partial charge in [-0.2, -0.15) is 0 Å². The maximum atomic E-state index is 2.56. The van der Waals surface area contributed by atoms with Gasteiger partial charge in [-0.25, -0.2) is 0 Å². The van der Waals surface area contributed by atoms with Gasteiger partial charge in [-0.15, -0.1) is 0 Å². The highest BCUT2D eigenvalue weighted by Crippen LogP contribution is 2.63. The molecule has 0 saturated heterocycles. The number of nitrogens with zero attached hydrogens (tertiary/aromatic N) is 2. The third-order valence-corrected chi connectivity index (χ3v) is 14.3. The third-order valence-electron chi connectivity index (χ3n) is 13.2. The predicted molar refractivity (Wildman–Crippen MR) is 241 cm³/mol. The number of fused-ring (bicyclic) bond motifs is 15. The Morgan fingerprint density at radius 3 is 1.74 bits per heavy atom. The second-order valence-electron chi connectivity index (χ2n) is 16.0. The first kappa shape index (κ1) is 32.3. The maximum Gasteiger partial charge on any atom is 0.0736 e. The van der Waals surface area contributed by atoms with Crippen LogP contribution in [0.2, 0.25) is 0 Å². The van der Waals surface area contributed by atoms with Gasteiger partial charge in [0, 0.05) is 48.9 Å². The van der Waals surface area contributed by atoms with Crippen molar-refractivity contribution < 1.29 is 0 Å². The first-order chi connectivity index (χ1) is 28.8. The number of aromatic nitrogens is 2. The summed E-state index contributed by atoms with van der Waals surface area (Å²) < 4.78 is 4.93. The van der Waals surface area contributed by atoms with Crippen molar-refractivity contribution in [2.24, 2.45) is 0 Å². The molecule has 3 heterocycles. The number of hydrogen-bond acceptors (Lipinski definition) is 1. The first-order valence-corrected chi connectivity index (χ1v) is 21.1. The van der Waals surface area contributed by atoms with E-state index in [1.807, 2.05) is 11.8 Å². The first-order valence-electron chi connectivity index (χ1n) is 20.3. The SMILES string of the molecule is C1=CC(c2ccc(-n3c4ccccc4c4ccccc43)cc2)Cc2c1n(-c1ccccc1)c1cc3c(cc21)-c1ccccc1C31c2ccccc2Sc2ccccc21. The molecule has 0 fully saturated rings. The summed E-state index contributed by atoms with van der Waals surface area (Å²) in [6.45, 7) is 0. The van der Waals surface area contributed by atoms with Crippen LogP contribution >= 0.6 is 11.8 Å². The molecule has 1 atom stereocenters. The topological polar surface area (TPSA) is 9.86 Å². The monoisotopic (exact) mass is 756 g/mol. The van der Waals surface area contributed by atoms with E-state index in [0.717, 1.165) is 6.42 Å². The average molecular weight is 757 g/mol. The molecule has 2 nitrogen and oxygen atoms in total. The fourth-order valence-electron chi connectivity index (χ4n) is 10.8. The quantitative estimate of drug-likeness (QED) is 0.175. The fraction of sp³-hybridized carbons (Fsp3) is 0.0545. The summed E-state index contributed by atoms with van der Waals surface area (Å²) in [6, 6.07) is 70.2. The van der Waals surface area contributed by atoms with Crippen LogP contribution in [0.1, 0.15) is 45.0 Å². The van der Waals surface area contributed by atoms with Crippen LogP contribution in [0.4, 0.5) is 0 Å². The van der Waals surface area contributed by atoms with Gasteiger partial charge in [-0.05, 0) is 118 Å². The van der Waals surface area contributed by atoms with Crippen LogP contribution in [0.25, 0.3) is 61.3 Å². The van der Waals surface area contributed by atoms with Crippen LogP contribution in [0.5, 0.6) is 0 Å². The zero-order valence-electron chi connectivity index (χ0n) is 31.6. The molecule has 8 aromatic carbocycles. The van der Waals surface area contributed by atoms with E-state index in [-0.39, 0.29) is 5.92 Å². The molecule has 0 saturated carbocycles. The Kier molecular flexibility index (Phi) is 6.74. The van der Waals surface area contributed by atoms with Crippen molar-refractivity contribution in [1.82, 2.24) is 9.13 Å². The van der Waals surface area contributed by atoms with Gasteiger partial charge in [0.05, 0.1) is 22.0 Å². The molecule has 1 unspecified atom stereocenters. The third kappa shape index (κ3) is 4.29. The van der Waals surface area contributed by atoms with E-state index in [9.17, 15) is 0 Å².